The molecule has 1 N–H and O–H groups in total. The van der Waals surface area contributed by atoms with Crippen LogP contribution >= 0.6 is 15.9 Å². The lowest BCUT2D eigenvalue weighted by atomic mass is 9.87. The van der Waals surface area contributed by atoms with Crippen molar-refractivity contribution in [3.8, 4) is 0 Å². The van der Waals surface area contributed by atoms with E-state index < -0.39 is 5.97 Å². The van der Waals surface area contributed by atoms with E-state index in [-0.39, 0.29) is 11.1 Å². The molecule has 0 spiro atoms. The topological polar surface area (TPSA) is 63.3 Å². The van der Waals surface area contributed by atoms with Crippen LogP contribution in [0, 0.1) is 0 Å². The van der Waals surface area contributed by atoms with Crippen LogP contribution in [0.3, 0.4) is 0 Å². The Morgan fingerprint density at radius 2 is 2.08 bits per heavy atom. The van der Waals surface area contributed by atoms with Crippen LogP contribution in [0.5, 0.6) is 0 Å². The molecule has 0 aliphatic heterocycles. The molecule has 0 saturated heterocycles. The average Bonchev–Trinajstić information content (AvgIpc) is 2.28. The zero-order chi connectivity index (χ0) is 10.2. The summed E-state index contributed by atoms with van der Waals surface area (Å²) in [6.07, 6.45) is 0. The van der Waals surface area contributed by atoms with E-state index in [1.54, 1.807) is 0 Å². The maximum absolute atomic E-state index is 10.7. The van der Waals surface area contributed by atoms with Crippen molar-refractivity contribution in [1.82, 2.24) is 5.16 Å². The first-order valence-corrected chi connectivity index (χ1v) is 4.52. The molecular weight excluding hydrogens is 238 g/mol. The number of aromatic nitrogens is 1. The molecule has 1 heterocycles. The van der Waals surface area contributed by atoms with Crippen LogP contribution in [0.25, 0.3) is 0 Å². The van der Waals surface area contributed by atoms with Gasteiger partial charge in [0.1, 0.15) is 0 Å². The van der Waals surface area contributed by atoms with Crippen LogP contribution in [0.4, 0.5) is 0 Å². The number of aromatic carboxylic acids is 1. The van der Waals surface area contributed by atoms with Gasteiger partial charge in [-0.3, -0.25) is 0 Å². The van der Waals surface area contributed by atoms with E-state index in [4.69, 9.17) is 9.63 Å². The van der Waals surface area contributed by atoms with Crippen molar-refractivity contribution in [2.24, 2.45) is 0 Å². The van der Waals surface area contributed by atoms with E-state index in [1.165, 1.54) is 0 Å². The van der Waals surface area contributed by atoms with Crippen molar-refractivity contribution >= 4 is 21.9 Å². The molecule has 0 bridgehead atoms. The summed E-state index contributed by atoms with van der Waals surface area (Å²) in [6.45, 7) is 5.70. The average molecular weight is 248 g/mol. The molecule has 0 aliphatic rings. The summed E-state index contributed by atoms with van der Waals surface area (Å²) in [5.74, 6) is -1.07. The molecule has 4 nitrogen and oxygen atoms in total. The minimum absolute atomic E-state index is 0.0284. The van der Waals surface area contributed by atoms with Gasteiger partial charge in [-0.05, 0) is 21.3 Å². The highest BCUT2D eigenvalue weighted by Gasteiger charge is 2.29. The maximum Gasteiger partial charge on any atom is 0.358 e. The number of hydrogen-bond donors (Lipinski definition) is 1. The van der Waals surface area contributed by atoms with Gasteiger partial charge in [-0.25, -0.2) is 4.79 Å². The first-order chi connectivity index (χ1) is 5.84. The van der Waals surface area contributed by atoms with E-state index in [9.17, 15) is 4.79 Å². The fourth-order valence-corrected chi connectivity index (χ4v) is 1.92. The van der Waals surface area contributed by atoms with Gasteiger partial charge in [0.15, 0.2) is 5.69 Å². The standard InChI is InChI=1S/C8H10BrNO3/c1-8(2,3)4-5(7(11)12)10-13-6(4)9/h1-3H3,(H,11,12). The van der Waals surface area contributed by atoms with Crippen molar-refractivity contribution in [2.75, 3.05) is 0 Å². The lowest BCUT2D eigenvalue weighted by Gasteiger charge is -2.16. The number of rotatable bonds is 1. The van der Waals surface area contributed by atoms with Gasteiger partial charge < -0.3 is 9.63 Å². The Hall–Kier alpha value is -0.840. The zero-order valence-corrected chi connectivity index (χ0v) is 9.17. The highest BCUT2D eigenvalue weighted by Crippen LogP contribution is 2.32. The number of hydrogen-bond acceptors (Lipinski definition) is 3. The molecule has 0 fully saturated rings. The summed E-state index contributed by atoms with van der Waals surface area (Å²) in [6, 6.07) is 0. The van der Waals surface area contributed by atoms with Gasteiger partial charge in [-0.2, -0.15) is 0 Å². The molecule has 0 aliphatic carbocycles. The number of carboxylic acids is 1. The minimum Gasteiger partial charge on any atom is -0.476 e. The molecule has 0 atom stereocenters. The lowest BCUT2D eigenvalue weighted by Crippen LogP contribution is -2.16. The van der Waals surface area contributed by atoms with E-state index in [1.807, 2.05) is 20.8 Å². The first kappa shape index (κ1) is 10.2. The van der Waals surface area contributed by atoms with Gasteiger partial charge in [-0.1, -0.05) is 25.9 Å². The SMILES string of the molecule is CC(C)(C)c1c(C(=O)O)noc1Br. The van der Waals surface area contributed by atoms with Gasteiger partial charge in [0, 0.05) is 5.56 Å². The fourth-order valence-electron chi connectivity index (χ4n) is 1.07. The number of carboxylic acid groups (broad SMARTS) is 1. The largest absolute Gasteiger partial charge is 0.476 e. The van der Waals surface area contributed by atoms with E-state index >= 15 is 0 Å². The molecule has 1 aromatic heterocycles. The Balaban J connectivity index is 3.33. The lowest BCUT2D eigenvalue weighted by molar-refractivity contribution is 0.0683. The third-order valence-corrected chi connectivity index (χ3v) is 2.14. The normalized spacial score (nSPS) is 11.7. The van der Waals surface area contributed by atoms with Gasteiger partial charge in [-0.15, -0.1) is 0 Å². The zero-order valence-electron chi connectivity index (χ0n) is 7.59. The van der Waals surface area contributed by atoms with Crippen molar-refractivity contribution < 1.29 is 14.4 Å². The molecule has 0 radical (unpaired) electrons. The van der Waals surface area contributed by atoms with Crippen LogP contribution < -0.4 is 0 Å². The third-order valence-electron chi connectivity index (χ3n) is 1.60. The van der Waals surface area contributed by atoms with E-state index in [2.05, 4.69) is 21.1 Å². The van der Waals surface area contributed by atoms with Crippen LogP contribution in [0.2, 0.25) is 0 Å². The summed E-state index contributed by atoms with van der Waals surface area (Å²) in [7, 11) is 0. The Kier molecular flexibility index (Phi) is 2.47. The second-order valence-electron chi connectivity index (χ2n) is 3.74. The monoisotopic (exact) mass is 247 g/mol. The van der Waals surface area contributed by atoms with Gasteiger partial charge in [0.25, 0.3) is 0 Å². The minimum atomic E-state index is -1.07. The summed E-state index contributed by atoms with van der Waals surface area (Å²) in [4.78, 5) is 10.7. The predicted octanol–water partition coefficient (Wildman–Crippen LogP) is 2.43. The van der Waals surface area contributed by atoms with E-state index in [0.717, 1.165) is 0 Å². The first-order valence-electron chi connectivity index (χ1n) is 3.73. The molecule has 5 heteroatoms. The van der Waals surface area contributed by atoms with Gasteiger partial charge in [0.2, 0.25) is 4.67 Å². The van der Waals surface area contributed by atoms with Crippen molar-refractivity contribution in [3.05, 3.63) is 15.9 Å². The number of carbonyl (C=O) groups is 1. The molecular formula is C8H10BrNO3. The van der Waals surface area contributed by atoms with Crippen molar-refractivity contribution in [3.63, 3.8) is 0 Å². The molecule has 0 unspecified atom stereocenters. The second kappa shape index (κ2) is 3.14. The highest BCUT2D eigenvalue weighted by atomic mass is 79.9. The quantitative estimate of drug-likeness (QED) is 0.828. The maximum atomic E-state index is 10.7. The number of halogens is 1. The van der Waals surface area contributed by atoms with Crippen molar-refractivity contribution in [1.29, 1.82) is 0 Å². The Bertz CT molecular complexity index is 338. The Morgan fingerprint density at radius 3 is 2.38 bits per heavy atom. The fraction of sp³-hybridized carbons (Fsp3) is 0.500. The van der Waals surface area contributed by atoms with Crippen LogP contribution in [0.1, 0.15) is 36.8 Å². The van der Waals surface area contributed by atoms with E-state index in [0.29, 0.717) is 10.2 Å². The summed E-state index contributed by atoms with van der Waals surface area (Å²) in [5, 5.41) is 12.3. The van der Waals surface area contributed by atoms with Crippen LogP contribution in [-0.2, 0) is 5.41 Å². The molecule has 0 saturated carbocycles. The Morgan fingerprint density at radius 1 is 1.54 bits per heavy atom. The summed E-state index contributed by atoms with van der Waals surface area (Å²) >= 11 is 3.13. The second-order valence-corrected chi connectivity index (χ2v) is 4.46. The molecule has 0 aromatic carbocycles. The molecule has 1 aromatic rings. The third kappa shape index (κ3) is 1.91. The Labute approximate surface area is 84.0 Å². The van der Waals surface area contributed by atoms with Crippen LogP contribution in [0.15, 0.2) is 9.19 Å². The molecule has 13 heavy (non-hydrogen) atoms. The van der Waals surface area contributed by atoms with Gasteiger partial charge in [0.05, 0.1) is 0 Å². The smallest absolute Gasteiger partial charge is 0.358 e. The van der Waals surface area contributed by atoms with Crippen LogP contribution in [-0.4, -0.2) is 16.2 Å². The van der Waals surface area contributed by atoms with Crippen molar-refractivity contribution in [2.45, 2.75) is 26.2 Å². The predicted molar refractivity (Wildman–Crippen MR) is 49.9 cm³/mol. The highest BCUT2D eigenvalue weighted by molar-refractivity contribution is 9.10. The van der Waals surface area contributed by atoms with Gasteiger partial charge >= 0.3 is 5.97 Å². The molecule has 72 valence electrons. The molecule has 1 rings (SSSR count). The summed E-state index contributed by atoms with van der Waals surface area (Å²) in [5.41, 5.74) is 0.256. The molecule has 0 amide bonds. The summed E-state index contributed by atoms with van der Waals surface area (Å²) < 4.78 is 5.16. The number of nitrogens with zero attached hydrogens (tertiary/aromatic N) is 1.